The highest BCUT2D eigenvalue weighted by Gasteiger charge is 2.19. The number of carboxylic acids is 1. The third kappa shape index (κ3) is 11.9. The molecule has 4 rings (SSSR count). The first-order chi connectivity index (χ1) is 22.4. The molecule has 0 bridgehead atoms. The van der Waals surface area contributed by atoms with Crippen LogP contribution in [0.2, 0.25) is 0 Å². The predicted octanol–water partition coefficient (Wildman–Crippen LogP) is 4.72. The summed E-state index contributed by atoms with van der Waals surface area (Å²) >= 11 is 0. The van der Waals surface area contributed by atoms with E-state index in [2.05, 4.69) is 0 Å². The third-order valence-electron chi connectivity index (χ3n) is 6.49. The Morgan fingerprint density at radius 3 is 1.44 bits per heavy atom. The lowest BCUT2D eigenvalue weighted by Crippen LogP contribution is -2.12. The first-order valence-electron chi connectivity index (χ1n) is 13.6. The standard InChI is InChI=1S/C16H18O6.C9H8O5.C8H10O3.3CH4/c1-22-14-5-10(7-18)4-13(16(14)21)12-3-9(6-17)2-11(8-19)15(12)20;1-14-7-4-5(2-3-6(7)10)8(11)9(12)13;1-11-8-4-6(5-9)2-3-7(8)10;;;/h2-5,17-21H,6-8H2,1H3;2-4,10H,1H3,(H,12,13);2-4,9-10H,5H2,1H3;3*1H4. The molecule has 0 heterocycles. The number of carbonyl (C=O) groups excluding carboxylic acids is 1. The Morgan fingerprint density at radius 1 is 0.540 bits per heavy atom. The van der Waals surface area contributed by atoms with Crippen LogP contribution in [-0.4, -0.2) is 79.0 Å². The topological polar surface area (TPSA) is 244 Å². The van der Waals surface area contributed by atoms with E-state index in [4.69, 9.17) is 29.5 Å². The van der Waals surface area contributed by atoms with Gasteiger partial charge in [0.25, 0.3) is 5.78 Å². The maximum atomic E-state index is 11.0. The summed E-state index contributed by atoms with van der Waals surface area (Å²) < 4.78 is 14.6. The van der Waals surface area contributed by atoms with Gasteiger partial charge in [-0.2, -0.15) is 0 Å². The quantitative estimate of drug-likeness (QED) is 0.0801. The smallest absolute Gasteiger partial charge is 0.377 e. The van der Waals surface area contributed by atoms with Gasteiger partial charge in [-0.15, -0.1) is 0 Å². The van der Waals surface area contributed by atoms with Gasteiger partial charge >= 0.3 is 5.97 Å². The Kier molecular flexibility index (Phi) is 20.6. The summed E-state index contributed by atoms with van der Waals surface area (Å²) in [5.74, 6) is -2.43. The van der Waals surface area contributed by atoms with Crippen molar-refractivity contribution in [2.75, 3.05) is 21.3 Å². The van der Waals surface area contributed by atoms with Crippen LogP contribution in [0.15, 0.2) is 60.7 Å². The Hall–Kier alpha value is -5.54. The number of Topliss-reactive ketones (excluding diaryl/α,β-unsaturated/α-hetero) is 1. The summed E-state index contributed by atoms with van der Waals surface area (Å²) in [5, 5.41) is 83.9. The number of hydrogen-bond donors (Lipinski definition) is 9. The molecule has 0 amide bonds. The maximum Gasteiger partial charge on any atom is 0.377 e. The zero-order chi connectivity index (χ0) is 35.3. The average molecular weight is 705 g/mol. The number of ketones is 1. The van der Waals surface area contributed by atoms with E-state index in [1.165, 1.54) is 69.9 Å². The average Bonchev–Trinajstić information content (AvgIpc) is 3.09. The van der Waals surface area contributed by atoms with Crippen molar-refractivity contribution in [3.8, 4) is 51.4 Å². The number of rotatable bonds is 10. The number of aliphatic hydroxyl groups excluding tert-OH is 4. The van der Waals surface area contributed by atoms with Crippen molar-refractivity contribution in [1.29, 1.82) is 0 Å². The second-order valence-corrected chi connectivity index (χ2v) is 9.50. The van der Waals surface area contributed by atoms with Crippen molar-refractivity contribution in [3.05, 3.63) is 88.5 Å². The fourth-order valence-electron chi connectivity index (χ4n) is 4.06. The fraction of sp³-hybridized carbons (Fsp3) is 0.278. The molecule has 4 aromatic rings. The summed E-state index contributed by atoms with van der Waals surface area (Å²) in [6.07, 6.45) is 0. The first-order valence-corrected chi connectivity index (χ1v) is 13.6. The predicted molar refractivity (Wildman–Crippen MR) is 187 cm³/mol. The van der Waals surface area contributed by atoms with E-state index >= 15 is 0 Å². The zero-order valence-electron chi connectivity index (χ0n) is 25.7. The van der Waals surface area contributed by atoms with Crippen LogP contribution in [0.5, 0.6) is 40.2 Å². The van der Waals surface area contributed by atoms with Crippen LogP contribution in [0.4, 0.5) is 0 Å². The van der Waals surface area contributed by atoms with Crippen LogP contribution in [0.25, 0.3) is 11.1 Å². The maximum absolute atomic E-state index is 11.0. The van der Waals surface area contributed by atoms with Crippen LogP contribution < -0.4 is 14.2 Å². The number of methoxy groups -OCH3 is 3. The molecule has 0 aliphatic carbocycles. The summed E-state index contributed by atoms with van der Waals surface area (Å²) in [5.41, 5.74) is 2.36. The number of aliphatic carboxylic acids is 1. The number of aliphatic hydroxyl groups is 4. The second-order valence-electron chi connectivity index (χ2n) is 9.50. The van der Waals surface area contributed by atoms with Crippen LogP contribution in [0.3, 0.4) is 0 Å². The fourth-order valence-corrected chi connectivity index (χ4v) is 4.06. The monoisotopic (exact) mass is 704 g/mol. The van der Waals surface area contributed by atoms with Crippen LogP contribution in [-0.2, 0) is 31.2 Å². The van der Waals surface area contributed by atoms with E-state index < -0.39 is 18.4 Å². The molecule has 4 aromatic carbocycles. The SMILES string of the molecule is C.C.C.COc1cc(C(=O)C(=O)O)ccc1O.COc1cc(CO)cc(-c2cc(CO)cc(CO)c2O)c1O.COc1cc(CO)ccc1O. The lowest BCUT2D eigenvalue weighted by atomic mass is 9.96. The molecule has 14 nitrogen and oxygen atoms in total. The molecule has 0 fully saturated rings. The van der Waals surface area contributed by atoms with Gasteiger partial charge in [-0.3, -0.25) is 4.79 Å². The molecule has 0 aliphatic heterocycles. The molecule has 0 unspecified atom stereocenters. The molecule has 9 N–H and O–H groups in total. The van der Waals surface area contributed by atoms with Gasteiger partial charge in [-0.1, -0.05) is 28.3 Å². The highest BCUT2D eigenvalue weighted by molar-refractivity contribution is 6.39. The molecular weight excluding hydrogens is 656 g/mol. The summed E-state index contributed by atoms with van der Waals surface area (Å²) in [6.45, 7) is -1.00. The lowest BCUT2D eigenvalue weighted by Gasteiger charge is -2.15. The Labute approximate surface area is 291 Å². The minimum Gasteiger partial charge on any atom is -0.507 e. The Bertz CT molecular complexity index is 1620. The van der Waals surface area contributed by atoms with Gasteiger partial charge in [0.05, 0.1) is 47.8 Å². The van der Waals surface area contributed by atoms with Crippen LogP contribution in [0.1, 0.15) is 54.9 Å². The van der Waals surface area contributed by atoms with E-state index in [0.29, 0.717) is 16.9 Å². The molecule has 0 radical (unpaired) electrons. The van der Waals surface area contributed by atoms with Crippen LogP contribution in [0, 0.1) is 0 Å². The highest BCUT2D eigenvalue weighted by atomic mass is 16.5. The number of phenolic OH excluding ortho intramolecular Hbond substituents is 3. The number of ether oxygens (including phenoxy) is 3. The summed E-state index contributed by atoms with van der Waals surface area (Å²) in [7, 11) is 4.16. The normalized spacial score (nSPS) is 9.50. The van der Waals surface area contributed by atoms with Crippen molar-refractivity contribution < 1.29 is 69.8 Å². The number of carboxylic acid groups (broad SMARTS) is 1. The number of aromatic hydroxyl groups is 4. The summed E-state index contributed by atoms with van der Waals surface area (Å²) in [6, 6.07) is 14.3. The van der Waals surface area contributed by atoms with Crippen molar-refractivity contribution in [2.24, 2.45) is 0 Å². The van der Waals surface area contributed by atoms with Crippen molar-refractivity contribution in [1.82, 2.24) is 0 Å². The molecular formula is C36H48O14. The second kappa shape index (κ2) is 22.2. The van der Waals surface area contributed by atoms with Gasteiger partial charge in [0.15, 0.2) is 34.5 Å². The Morgan fingerprint density at radius 2 is 0.980 bits per heavy atom. The first kappa shape index (κ1) is 46.6. The van der Waals surface area contributed by atoms with E-state index in [-0.39, 0.29) is 98.9 Å². The van der Waals surface area contributed by atoms with Crippen molar-refractivity contribution in [2.45, 2.75) is 48.7 Å². The lowest BCUT2D eigenvalue weighted by molar-refractivity contribution is -0.131. The highest BCUT2D eigenvalue weighted by Crippen LogP contribution is 2.43. The molecule has 0 saturated heterocycles. The minimum atomic E-state index is -1.54. The van der Waals surface area contributed by atoms with Gasteiger partial charge in [0.1, 0.15) is 5.75 Å². The summed E-state index contributed by atoms with van der Waals surface area (Å²) in [4.78, 5) is 21.3. The zero-order valence-corrected chi connectivity index (χ0v) is 25.7. The van der Waals surface area contributed by atoms with E-state index in [9.17, 15) is 40.2 Å². The third-order valence-corrected chi connectivity index (χ3v) is 6.49. The molecule has 0 aromatic heterocycles. The molecule has 276 valence electrons. The van der Waals surface area contributed by atoms with Crippen molar-refractivity contribution >= 4 is 11.8 Å². The molecule has 0 saturated carbocycles. The van der Waals surface area contributed by atoms with Gasteiger partial charge in [-0.25, -0.2) is 4.79 Å². The van der Waals surface area contributed by atoms with Gasteiger partial charge in [-0.05, 0) is 71.3 Å². The van der Waals surface area contributed by atoms with Gasteiger partial charge < -0.3 is 60.2 Å². The van der Waals surface area contributed by atoms with Crippen molar-refractivity contribution in [3.63, 3.8) is 0 Å². The largest absolute Gasteiger partial charge is 0.507 e. The number of hydrogen-bond acceptors (Lipinski definition) is 13. The molecule has 0 aliphatic rings. The van der Waals surface area contributed by atoms with Gasteiger partial charge in [0.2, 0.25) is 0 Å². The molecule has 0 spiro atoms. The number of carbonyl (C=O) groups is 2. The van der Waals surface area contributed by atoms with E-state index in [0.717, 1.165) is 5.56 Å². The van der Waals surface area contributed by atoms with Gasteiger partial charge in [0, 0.05) is 22.3 Å². The molecule has 0 atom stereocenters. The molecule has 50 heavy (non-hydrogen) atoms. The minimum absolute atomic E-state index is 0. The van der Waals surface area contributed by atoms with E-state index in [1.807, 2.05) is 0 Å². The van der Waals surface area contributed by atoms with Crippen LogP contribution >= 0.6 is 0 Å². The Balaban J connectivity index is 0. The number of phenols is 4. The van der Waals surface area contributed by atoms with E-state index in [1.54, 1.807) is 12.1 Å². The number of benzene rings is 4. The molecule has 14 heteroatoms.